The average molecular weight is 717 g/mol. The lowest BCUT2D eigenvalue weighted by molar-refractivity contribution is -0.162. The smallest absolute Gasteiger partial charge is 0.311 e. The summed E-state index contributed by atoms with van der Waals surface area (Å²) < 4.78 is 64.1. The number of carbonyl (C=O) groups is 1. The van der Waals surface area contributed by atoms with Gasteiger partial charge in [-0.1, -0.05) is 70.9 Å². The van der Waals surface area contributed by atoms with Crippen LogP contribution in [0.25, 0.3) is 0 Å². The number of benzene rings is 2. The highest BCUT2D eigenvalue weighted by atomic mass is 32.2. The van der Waals surface area contributed by atoms with Gasteiger partial charge in [-0.25, -0.2) is 16.8 Å². The lowest BCUT2D eigenvalue weighted by atomic mass is 9.83. The number of carbonyl (C=O) groups excluding carboxylic acids is 1. The molecule has 2 aromatic carbocycles. The van der Waals surface area contributed by atoms with Gasteiger partial charge in [0.15, 0.2) is 0 Å². The zero-order valence-electron chi connectivity index (χ0n) is 29.3. The first-order valence-corrected chi connectivity index (χ1v) is 19.8. The van der Waals surface area contributed by atoms with E-state index in [0.717, 1.165) is 12.8 Å². The van der Waals surface area contributed by atoms with Crippen molar-refractivity contribution in [3.8, 4) is 0 Å². The zero-order chi connectivity index (χ0) is 35.8. The van der Waals surface area contributed by atoms with Gasteiger partial charge in [-0.05, 0) is 66.7 Å². The Labute approximate surface area is 290 Å². The van der Waals surface area contributed by atoms with Crippen LogP contribution >= 0.6 is 0 Å². The fraction of sp³-hybridized carbons (Fsp3) is 0.571. The van der Waals surface area contributed by atoms with Gasteiger partial charge in [0.25, 0.3) is 6.79 Å². The van der Waals surface area contributed by atoms with Gasteiger partial charge in [-0.15, -0.1) is 0 Å². The van der Waals surface area contributed by atoms with E-state index in [2.05, 4.69) is 10.3 Å². The van der Waals surface area contributed by atoms with E-state index in [4.69, 9.17) is 9.57 Å². The van der Waals surface area contributed by atoms with E-state index in [0.29, 0.717) is 37.3 Å². The number of esters is 1. The molecule has 49 heavy (non-hydrogen) atoms. The lowest BCUT2D eigenvalue weighted by Crippen LogP contribution is -2.42. The van der Waals surface area contributed by atoms with E-state index >= 15 is 0 Å². The van der Waals surface area contributed by atoms with Gasteiger partial charge in [0, 0.05) is 48.4 Å². The second kappa shape index (κ2) is 14.5. The van der Waals surface area contributed by atoms with E-state index in [1.54, 1.807) is 19.1 Å². The second-order valence-electron chi connectivity index (χ2n) is 14.6. The number of nitrogens with zero attached hydrogens (tertiary/aromatic N) is 4. The van der Waals surface area contributed by atoms with E-state index in [1.807, 2.05) is 41.5 Å². The number of oxime groups is 2. The Morgan fingerprint density at radius 1 is 0.755 bits per heavy atom. The third-order valence-corrected chi connectivity index (χ3v) is 13.5. The summed E-state index contributed by atoms with van der Waals surface area (Å²) in [6.45, 7) is 14.7. The van der Waals surface area contributed by atoms with Crippen molar-refractivity contribution in [2.45, 2.75) is 71.1 Å². The zero-order valence-corrected chi connectivity index (χ0v) is 30.9. The molecule has 3 aliphatic rings. The highest BCUT2D eigenvalue weighted by Crippen LogP contribution is 2.35. The molecule has 1 aliphatic carbocycles. The molecule has 0 amide bonds. The van der Waals surface area contributed by atoms with Crippen LogP contribution < -0.4 is 0 Å². The predicted molar refractivity (Wildman–Crippen MR) is 185 cm³/mol. The molecule has 0 bridgehead atoms. The number of rotatable bonds is 9. The Bertz CT molecular complexity index is 1730. The maximum atomic E-state index is 14.0. The Kier molecular flexibility index (Phi) is 10.9. The fourth-order valence-electron chi connectivity index (χ4n) is 7.15. The number of ether oxygens (including phenoxy) is 1. The van der Waals surface area contributed by atoms with Crippen LogP contribution in [0.5, 0.6) is 0 Å². The molecule has 5 rings (SSSR count). The third-order valence-electron chi connectivity index (χ3n) is 9.83. The maximum Gasteiger partial charge on any atom is 0.311 e. The van der Waals surface area contributed by atoms with Crippen molar-refractivity contribution in [2.75, 3.05) is 33.0 Å². The van der Waals surface area contributed by atoms with Crippen molar-refractivity contribution in [2.24, 2.45) is 45.8 Å². The van der Waals surface area contributed by atoms with Crippen LogP contribution in [0.4, 0.5) is 0 Å². The van der Waals surface area contributed by atoms with Crippen molar-refractivity contribution < 1.29 is 36.4 Å². The number of piperidine rings is 2. The maximum absolute atomic E-state index is 14.0. The average Bonchev–Trinajstić information content (AvgIpc) is 3.04. The topological polar surface area (TPSA) is 155 Å². The van der Waals surface area contributed by atoms with E-state index in [-0.39, 0.29) is 67.8 Å². The van der Waals surface area contributed by atoms with E-state index < -0.39 is 32.8 Å². The number of hydrogen-bond donors (Lipinski definition) is 1. The van der Waals surface area contributed by atoms with Crippen LogP contribution in [0.1, 0.15) is 83.6 Å². The molecule has 0 saturated carbocycles. The molecule has 2 saturated heterocycles. The quantitative estimate of drug-likeness (QED) is 0.105. The van der Waals surface area contributed by atoms with Crippen LogP contribution in [0, 0.1) is 35.5 Å². The molecule has 2 aliphatic heterocycles. The standard InChI is InChI=1S/C35H48N4O8S2/c1-21(2)26(7)35(40)46-20-47-37-34-31-14-27(48(42,43)38-16-22(3)12-23(4)17-38)8-10-29(31)33(36-41)30-11-9-28(15-32(30)34)49(44,45)39-18-24(5)13-25(6)19-39/h8-11,14-15,21-26,41H,12-13,16-20H2,1-7H3/t22-,23+,24-,25+,26?. The van der Waals surface area contributed by atoms with Gasteiger partial charge >= 0.3 is 5.97 Å². The monoisotopic (exact) mass is 716 g/mol. The van der Waals surface area contributed by atoms with Crippen molar-refractivity contribution in [1.82, 2.24) is 8.61 Å². The molecule has 2 aromatic rings. The third kappa shape index (κ3) is 7.57. The van der Waals surface area contributed by atoms with Crippen molar-refractivity contribution in [3.63, 3.8) is 0 Å². The summed E-state index contributed by atoms with van der Waals surface area (Å²) in [4.78, 5) is 18.0. The minimum atomic E-state index is -3.93. The first kappa shape index (κ1) is 36.9. The summed E-state index contributed by atoms with van der Waals surface area (Å²) in [5, 5.41) is 18.1. The fourth-order valence-corrected chi connectivity index (χ4v) is 10.6. The molecule has 2 heterocycles. The molecule has 1 N–H and O–H groups in total. The Hall–Kier alpha value is -3.33. The van der Waals surface area contributed by atoms with Gasteiger partial charge < -0.3 is 14.8 Å². The van der Waals surface area contributed by atoms with Crippen LogP contribution in [0.15, 0.2) is 56.5 Å². The minimum absolute atomic E-state index is 0.0123. The summed E-state index contributed by atoms with van der Waals surface area (Å²) in [6.07, 6.45) is 1.86. The Balaban J connectivity index is 1.60. The molecule has 0 spiro atoms. The summed E-state index contributed by atoms with van der Waals surface area (Å²) >= 11 is 0. The molecule has 5 atom stereocenters. The van der Waals surface area contributed by atoms with Crippen molar-refractivity contribution in [3.05, 3.63) is 58.7 Å². The lowest BCUT2D eigenvalue weighted by Gasteiger charge is -2.34. The normalized spacial score (nSPS) is 24.2. The summed E-state index contributed by atoms with van der Waals surface area (Å²) in [7, 11) is -7.87. The summed E-state index contributed by atoms with van der Waals surface area (Å²) in [5.74, 6) is -0.0430. The van der Waals surface area contributed by atoms with Crippen LogP contribution in [-0.2, 0) is 34.4 Å². The molecular weight excluding hydrogens is 669 g/mol. The van der Waals surface area contributed by atoms with Gasteiger partial charge in [0.2, 0.25) is 20.0 Å². The largest absolute Gasteiger partial charge is 0.425 e. The van der Waals surface area contributed by atoms with Gasteiger partial charge in [0.05, 0.1) is 15.7 Å². The minimum Gasteiger partial charge on any atom is -0.425 e. The molecule has 0 aromatic heterocycles. The van der Waals surface area contributed by atoms with Gasteiger partial charge in [-0.3, -0.25) is 4.79 Å². The molecular formula is C35H48N4O8S2. The molecule has 2 fully saturated rings. The number of fused-ring (bicyclic) bond motifs is 2. The van der Waals surface area contributed by atoms with Crippen LogP contribution in [0.3, 0.4) is 0 Å². The van der Waals surface area contributed by atoms with Crippen LogP contribution in [-0.4, -0.2) is 81.0 Å². The first-order valence-electron chi connectivity index (χ1n) is 16.9. The Morgan fingerprint density at radius 2 is 1.18 bits per heavy atom. The van der Waals surface area contributed by atoms with Gasteiger partial charge in [0.1, 0.15) is 11.4 Å². The Morgan fingerprint density at radius 3 is 1.57 bits per heavy atom. The SMILES string of the molecule is CC(C)C(C)C(=O)OCON=C1c2cc(S(=O)(=O)N3C[C@H](C)C[C@H](C)C3)ccc2C(=NO)c2ccc(S(=O)(=O)N3C[C@H](C)C[C@H](C)C3)cc21. The first-order chi connectivity index (χ1) is 23.0. The number of hydrogen-bond acceptors (Lipinski definition) is 10. The molecule has 1 unspecified atom stereocenters. The second-order valence-corrected chi connectivity index (χ2v) is 18.5. The molecule has 14 heteroatoms. The van der Waals surface area contributed by atoms with Crippen molar-refractivity contribution >= 4 is 37.4 Å². The number of sulfonamides is 2. The van der Waals surface area contributed by atoms with E-state index in [1.165, 1.54) is 32.9 Å². The van der Waals surface area contributed by atoms with Crippen molar-refractivity contribution in [1.29, 1.82) is 0 Å². The summed E-state index contributed by atoms with van der Waals surface area (Å²) in [6, 6.07) is 8.95. The summed E-state index contributed by atoms with van der Waals surface area (Å²) in [5.41, 5.74) is 1.50. The van der Waals surface area contributed by atoms with E-state index in [9.17, 15) is 26.8 Å². The van der Waals surface area contributed by atoms with Crippen LogP contribution in [0.2, 0.25) is 0 Å². The molecule has 268 valence electrons. The predicted octanol–water partition coefficient (Wildman–Crippen LogP) is 5.12. The molecule has 12 nitrogen and oxygen atoms in total. The molecule has 0 radical (unpaired) electrons. The van der Waals surface area contributed by atoms with Gasteiger partial charge in [-0.2, -0.15) is 8.61 Å². The highest BCUT2D eigenvalue weighted by molar-refractivity contribution is 7.89. The highest BCUT2D eigenvalue weighted by Gasteiger charge is 2.37.